The summed E-state index contributed by atoms with van der Waals surface area (Å²) >= 11 is 3.38. The van der Waals surface area contributed by atoms with Crippen LogP contribution in [0.4, 0.5) is 5.82 Å². The van der Waals surface area contributed by atoms with Gasteiger partial charge in [-0.3, -0.25) is 4.68 Å². The molecule has 2 aromatic heterocycles. The van der Waals surface area contributed by atoms with Gasteiger partial charge in [-0.25, -0.2) is 4.98 Å². The molecule has 0 bridgehead atoms. The molecule has 2 N–H and O–H groups in total. The summed E-state index contributed by atoms with van der Waals surface area (Å²) in [5, 5.41) is 5.25. The van der Waals surface area contributed by atoms with Crippen LogP contribution in [-0.4, -0.2) is 21.9 Å². The number of hydrogen-bond acceptors (Lipinski definition) is 4. The van der Waals surface area contributed by atoms with Crippen LogP contribution in [0.25, 0.3) is 10.9 Å². The molecule has 0 aliphatic heterocycles. The molecule has 0 aliphatic rings. The zero-order chi connectivity index (χ0) is 14.1. The van der Waals surface area contributed by atoms with Gasteiger partial charge in [-0.2, -0.15) is 5.10 Å². The summed E-state index contributed by atoms with van der Waals surface area (Å²) in [6.07, 6.45) is 3.65. The number of nitrogens with two attached hydrogens (primary N) is 1. The maximum absolute atomic E-state index is 6.03. The number of nitrogen functional groups attached to an aromatic ring is 1. The highest BCUT2D eigenvalue weighted by Crippen LogP contribution is 2.23. The lowest BCUT2D eigenvalue weighted by Gasteiger charge is -2.08. The first-order chi connectivity index (χ1) is 9.65. The number of pyridine rings is 1. The van der Waals surface area contributed by atoms with Gasteiger partial charge < -0.3 is 10.5 Å². The number of anilines is 1. The molecule has 0 unspecified atom stereocenters. The Morgan fingerprint density at radius 2 is 2.20 bits per heavy atom. The Balaban J connectivity index is 2.01. The van der Waals surface area contributed by atoms with Gasteiger partial charge in [-0.1, -0.05) is 0 Å². The Bertz CT molecular complexity index is 769. The topological polar surface area (TPSA) is 66.0 Å². The largest absolute Gasteiger partial charge is 0.497 e. The number of nitrogens with zero attached hydrogens (tertiary/aromatic N) is 3. The van der Waals surface area contributed by atoms with E-state index in [0.717, 1.165) is 26.7 Å². The summed E-state index contributed by atoms with van der Waals surface area (Å²) in [7, 11) is 1.63. The van der Waals surface area contributed by atoms with E-state index in [1.807, 2.05) is 35.1 Å². The third-order valence-electron chi connectivity index (χ3n) is 3.07. The minimum atomic E-state index is 0.511. The summed E-state index contributed by atoms with van der Waals surface area (Å²) in [4.78, 5) is 4.43. The van der Waals surface area contributed by atoms with Crippen molar-refractivity contribution in [2.75, 3.05) is 12.8 Å². The SMILES string of the molecule is COc1ccc2cc(Cn3cc(Br)cn3)c(N)nc2c1. The van der Waals surface area contributed by atoms with E-state index >= 15 is 0 Å². The fourth-order valence-electron chi connectivity index (χ4n) is 2.06. The molecule has 3 rings (SSSR count). The van der Waals surface area contributed by atoms with Gasteiger partial charge in [0.25, 0.3) is 0 Å². The van der Waals surface area contributed by atoms with Crippen LogP contribution in [0.3, 0.4) is 0 Å². The Morgan fingerprint density at radius 1 is 1.35 bits per heavy atom. The molecule has 6 heteroatoms. The molecule has 1 aromatic carbocycles. The maximum atomic E-state index is 6.03. The quantitative estimate of drug-likeness (QED) is 0.800. The summed E-state index contributed by atoms with van der Waals surface area (Å²) < 4.78 is 7.94. The van der Waals surface area contributed by atoms with E-state index in [2.05, 4.69) is 26.0 Å². The van der Waals surface area contributed by atoms with Gasteiger partial charge in [0.15, 0.2) is 0 Å². The Labute approximate surface area is 124 Å². The molecule has 5 nitrogen and oxygen atoms in total. The van der Waals surface area contributed by atoms with E-state index in [-0.39, 0.29) is 0 Å². The van der Waals surface area contributed by atoms with Gasteiger partial charge in [0.1, 0.15) is 11.6 Å². The highest BCUT2D eigenvalue weighted by atomic mass is 79.9. The average Bonchev–Trinajstić information content (AvgIpc) is 2.84. The highest BCUT2D eigenvalue weighted by molar-refractivity contribution is 9.10. The van der Waals surface area contributed by atoms with E-state index in [9.17, 15) is 0 Å². The maximum Gasteiger partial charge on any atom is 0.129 e. The van der Waals surface area contributed by atoms with Crippen LogP contribution in [0.2, 0.25) is 0 Å². The molecular weight excluding hydrogens is 320 g/mol. The molecule has 0 spiro atoms. The average molecular weight is 333 g/mol. The fraction of sp³-hybridized carbons (Fsp3) is 0.143. The molecule has 0 radical (unpaired) electrons. The number of hydrogen-bond donors (Lipinski definition) is 1. The zero-order valence-corrected chi connectivity index (χ0v) is 12.5. The summed E-state index contributed by atoms with van der Waals surface area (Å²) in [5.74, 6) is 1.28. The van der Waals surface area contributed by atoms with Crippen molar-refractivity contribution in [3.05, 3.63) is 46.7 Å². The Hall–Kier alpha value is -2.08. The third-order valence-corrected chi connectivity index (χ3v) is 3.48. The third kappa shape index (κ3) is 2.46. The van der Waals surface area contributed by atoms with Gasteiger partial charge in [-0.05, 0) is 34.1 Å². The normalized spacial score (nSPS) is 10.9. The van der Waals surface area contributed by atoms with E-state index < -0.39 is 0 Å². The second-order valence-electron chi connectivity index (χ2n) is 4.45. The molecule has 2 heterocycles. The first-order valence-electron chi connectivity index (χ1n) is 6.07. The minimum Gasteiger partial charge on any atom is -0.497 e. The van der Waals surface area contributed by atoms with Crippen LogP contribution in [0.5, 0.6) is 5.75 Å². The van der Waals surface area contributed by atoms with Gasteiger partial charge >= 0.3 is 0 Å². The molecule has 3 aromatic rings. The second kappa shape index (κ2) is 5.13. The van der Waals surface area contributed by atoms with Crippen LogP contribution in [0.1, 0.15) is 5.56 Å². The minimum absolute atomic E-state index is 0.511. The van der Waals surface area contributed by atoms with E-state index in [0.29, 0.717) is 12.4 Å². The van der Waals surface area contributed by atoms with Crippen molar-refractivity contribution < 1.29 is 4.74 Å². The lowest BCUT2D eigenvalue weighted by Crippen LogP contribution is -2.05. The number of fused-ring (bicyclic) bond motifs is 1. The standard InChI is InChI=1S/C14H13BrN4O/c1-20-12-3-2-9-4-10(14(16)18-13(9)5-12)7-19-8-11(15)6-17-19/h2-6,8H,7H2,1H3,(H2,16,18). The van der Waals surface area contributed by atoms with Crippen molar-refractivity contribution in [2.24, 2.45) is 0 Å². The Morgan fingerprint density at radius 3 is 2.90 bits per heavy atom. The predicted octanol–water partition coefficient (Wildman–Crippen LogP) is 2.83. The molecular formula is C14H13BrN4O. The fourth-order valence-corrected chi connectivity index (χ4v) is 2.39. The van der Waals surface area contributed by atoms with Gasteiger partial charge in [0, 0.05) is 23.2 Å². The number of halogens is 1. The van der Waals surface area contributed by atoms with E-state index in [1.54, 1.807) is 13.3 Å². The van der Waals surface area contributed by atoms with Gasteiger partial charge in [0.2, 0.25) is 0 Å². The smallest absolute Gasteiger partial charge is 0.129 e. The molecule has 20 heavy (non-hydrogen) atoms. The van der Waals surface area contributed by atoms with Crippen molar-refractivity contribution in [3.8, 4) is 5.75 Å². The summed E-state index contributed by atoms with van der Waals surface area (Å²) in [6, 6.07) is 7.80. The predicted molar refractivity (Wildman–Crippen MR) is 81.7 cm³/mol. The van der Waals surface area contributed by atoms with Crippen molar-refractivity contribution in [3.63, 3.8) is 0 Å². The van der Waals surface area contributed by atoms with Crippen LogP contribution in [-0.2, 0) is 6.54 Å². The van der Waals surface area contributed by atoms with Crippen molar-refractivity contribution in [2.45, 2.75) is 6.54 Å². The van der Waals surface area contributed by atoms with E-state index in [1.165, 1.54) is 0 Å². The molecule has 0 saturated heterocycles. The van der Waals surface area contributed by atoms with E-state index in [4.69, 9.17) is 10.5 Å². The first kappa shape index (κ1) is 12.9. The molecule has 0 amide bonds. The number of benzene rings is 1. The molecule has 102 valence electrons. The highest BCUT2D eigenvalue weighted by Gasteiger charge is 2.07. The van der Waals surface area contributed by atoms with Crippen LogP contribution in [0, 0.1) is 0 Å². The van der Waals surface area contributed by atoms with Crippen LogP contribution in [0.15, 0.2) is 41.1 Å². The monoisotopic (exact) mass is 332 g/mol. The van der Waals surface area contributed by atoms with Gasteiger partial charge in [0.05, 0.1) is 29.8 Å². The number of methoxy groups -OCH3 is 1. The van der Waals surface area contributed by atoms with Crippen LogP contribution >= 0.6 is 15.9 Å². The lowest BCUT2D eigenvalue weighted by molar-refractivity contribution is 0.415. The number of aromatic nitrogens is 3. The number of rotatable bonds is 3. The summed E-state index contributed by atoms with van der Waals surface area (Å²) in [5.41, 5.74) is 7.80. The Kier molecular flexibility index (Phi) is 3.31. The molecule has 0 saturated carbocycles. The molecule has 0 fully saturated rings. The first-order valence-corrected chi connectivity index (χ1v) is 6.86. The number of ether oxygens (including phenoxy) is 1. The van der Waals surface area contributed by atoms with Crippen LogP contribution < -0.4 is 10.5 Å². The molecule has 0 atom stereocenters. The second-order valence-corrected chi connectivity index (χ2v) is 5.36. The molecule has 0 aliphatic carbocycles. The van der Waals surface area contributed by atoms with Crippen molar-refractivity contribution >= 4 is 32.7 Å². The van der Waals surface area contributed by atoms with Crippen molar-refractivity contribution in [1.29, 1.82) is 0 Å². The van der Waals surface area contributed by atoms with Gasteiger partial charge in [-0.15, -0.1) is 0 Å². The lowest BCUT2D eigenvalue weighted by atomic mass is 10.1. The zero-order valence-electron chi connectivity index (χ0n) is 10.9. The van der Waals surface area contributed by atoms with Crippen molar-refractivity contribution in [1.82, 2.24) is 14.8 Å². The summed E-state index contributed by atoms with van der Waals surface area (Å²) in [6.45, 7) is 0.590.